The van der Waals surface area contributed by atoms with Crippen molar-refractivity contribution in [3.05, 3.63) is 65.7 Å². The molecule has 2 heteroatoms. The smallest absolute Gasteiger partial charge is 0.147 e. The molecule has 2 aromatic rings. The third-order valence-corrected chi connectivity index (χ3v) is 2.70. The van der Waals surface area contributed by atoms with E-state index in [-0.39, 0.29) is 12.7 Å². The fourth-order valence-electron chi connectivity index (χ4n) is 1.72. The summed E-state index contributed by atoms with van der Waals surface area (Å²) in [4.78, 5) is 0. The van der Waals surface area contributed by atoms with Gasteiger partial charge in [-0.15, -0.1) is 0 Å². The maximum absolute atomic E-state index is 9.41. The molecule has 0 heterocycles. The molecule has 2 nitrogen and oxygen atoms in total. The minimum Gasteiger partial charge on any atom is -0.483 e. The molecule has 0 aliphatic rings. The van der Waals surface area contributed by atoms with Crippen LogP contribution in [-0.2, 0) is 0 Å². The fraction of sp³-hybridized carbons (Fsp3) is 0.200. The molecule has 0 aromatic heterocycles. The zero-order valence-electron chi connectivity index (χ0n) is 9.84. The average Bonchev–Trinajstić information content (AvgIpc) is 2.39. The van der Waals surface area contributed by atoms with Crippen molar-refractivity contribution in [2.45, 2.75) is 13.0 Å². The lowest BCUT2D eigenvalue weighted by molar-refractivity contribution is 0.116. The predicted octanol–water partition coefficient (Wildman–Crippen LogP) is 3.11. The van der Waals surface area contributed by atoms with Crippen LogP contribution in [0.2, 0.25) is 0 Å². The monoisotopic (exact) mass is 228 g/mol. The van der Waals surface area contributed by atoms with E-state index in [2.05, 4.69) is 0 Å². The van der Waals surface area contributed by atoms with Crippen molar-refractivity contribution in [2.75, 3.05) is 6.61 Å². The number of aliphatic hydroxyl groups is 1. The van der Waals surface area contributed by atoms with Crippen LogP contribution in [0.3, 0.4) is 0 Å². The summed E-state index contributed by atoms with van der Waals surface area (Å²) in [7, 11) is 0. The molecule has 0 aliphatic heterocycles. The molecule has 0 fully saturated rings. The normalized spacial score (nSPS) is 12.1. The number of benzene rings is 2. The van der Waals surface area contributed by atoms with E-state index in [0.717, 1.165) is 16.9 Å². The number of hydrogen-bond donors (Lipinski definition) is 1. The number of para-hydroxylation sites is 1. The quantitative estimate of drug-likeness (QED) is 0.871. The molecule has 0 bridgehead atoms. The van der Waals surface area contributed by atoms with Gasteiger partial charge in [0.05, 0.1) is 6.61 Å². The Labute approximate surface area is 101 Å². The van der Waals surface area contributed by atoms with Crippen LogP contribution in [-0.4, -0.2) is 11.7 Å². The van der Waals surface area contributed by atoms with Crippen molar-refractivity contribution in [3.8, 4) is 5.75 Å². The summed E-state index contributed by atoms with van der Waals surface area (Å²) in [6.45, 7) is 1.97. The van der Waals surface area contributed by atoms with Crippen LogP contribution in [0.25, 0.3) is 0 Å². The Bertz CT molecular complexity index is 465. The maximum atomic E-state index is 9.41. The van der Waals surface area contributed by atoms with Gasteiger partial charge in [0.1, 0.15) is 11.9 Å². The number of rotatable bonds is 4. The first-order valence-corrected chi connectivity index (χ1v) is 5.69. The molecule has 1 unspecified atom stereocenters. The van der Waals surface area contributed by atoms with Gasteiger partial charge in [0.15, 0.2) is 0 Å². The molecule has 0 spiro atoms. The summed E-state index contributed by atoms with van der Waals surface area (Å²) < 4.78 is 5.83. The van der Waals surface area contributed by atoms with Crippen LogP contribution >= 0.6 is 0 Å². The lowest BCUT2D eigenvalue weighted by Crippen LogP contribution is -2.12. The van der Waals surface area contributed by atoms with E-state index in [9.17, 15) is 5.11 Å². The summed E-state index contributed by atoms with van der Waals surface area (Å²) in [6.07, 6.45) is -0.308. The Kier molecular flexibility index (Phi) is 3.78. The van der Waals surface area contributed by atoms with Gasteiger partial charge in [-0.05, 0) is 24.1 Å². The van der Waals surface area contributed by atoms with Gasteiger partial charge in [-0.1, -0.05) is 48.5 Å². The maximum Gasteiger partial charge on any atom is 0.147 e. The molecule has 2 rings (SSSR count). The Balaban J connectivity index is 2.19. The van der Waals surface area contributed by atoms with E-state index >= 15 is 0 Å². The highest BCUT2D eigenvalue weighted by atomic mass is 16.5. The largest absolute Gasteiger partial charge is 0.483 e. The van der Waals surface area contributed by atoms with Gasteiger partial charge in [-0.2, -0.15) is 0 Å². The van der Waals surface area contributed by atoms with Crippen molar-refractivity contribution in [1.82, 2.24) is 0 Å². The molecule has 0 amide bonds. The van der Waals surface area contributed by atoms with E-state index < -0.39 is 0 Å². The molecule has 17 heavy (non-hydrogen) atoms. The van der Waals surface area contributed by atoms with Crippen molar-refractivity contribution < 1.29 is 9.84 Å². The van der Waals surface area contributed by atoms with Crippen molar-refractivity contribution in [3.63, 3.8) is 0 Å². The van der Waals surface area contributed by atoms with Crippen molar-refractivity contribution in [1.29, 1.82) is 0 Å². The van der Waals surface area contributed by atoms with E-state index in [4.69, 9.17) is 4.74 Å². The van der Waals surface area contributed by atoms with Crippen LogP contribution in [0.4, 0.5) is 0 Å². The zero-order valence-corrected chi connectivity index (χ0v) is 9.84. The summed E-state index contributed by atoms with van der Waals surface area (Å²) in [6, 6.07) is 17.6. The van der Waals surface area contributed by atoms with E-state index in [1.165, 1.54) is 0 Å². The van der Waals surface area contributed by atoms with Gasteiger partial charge in [0.2, 0.25) is 0 Å². The molecule has 0 radical (unpaired) electrons. The van der Waals surface area contributed by atoms with Crippen molar-refractivity contribution in [2.24, 2.45) is 0 Å². The lowest BCUT2D eigenvalue weighted by atomic mass is 10.1. The Morgan fingerprint density at radius 2 is 1.65 bits per heavy atom. The first-order valence-electron chi connectivity index (χ1n) is 5.69. The highest BCUT2D eigenvalue weighted by molar-refractivity contribution is 5.32. The summed E-state index contributed by atoms with van der Waals surface area (Å²) in [5.74, 6) is 0.815. The Morgan fingerprint density at radius 3 is 2.29 bits per heavy atom. The van der Waals surface area contributed by atoms with E-state index in [1.807, 2.05) is 61.5 Å². The summed E-state index contributed by atoms with van der Waals surface area (Å²) >= 11 is 0. The van der Waals surface area contributed by atoms with E-state index in [0.29, 0.717) is 0 Å². The zero-order chi connectivity index (χ0) is 12.1. The molecule has 0 saturated heterocycles. The van der Waals surface area contributed by atoms with Crippen LogP contribution in [0.15, 0.2) is 54.6 Å². The van der Waals surface area contributed by atoms with Gasteiger partial charge < -0.3 is 9.84 Å². The Morgan fingerprint density at radius 1 is 1.00 bits per heavy atom. The van der Waals surface area contributed by atoms with Crippen LogP contribution in [0, 0.1) is 6.92 Å². The fourth-order valence-corrected chi connectivity index (χ4v) is 1.72. The topological polar surface area (TPSA) is 29.5 Å². The predicted molar refractivity (Wildman–Crippen MR) is 68.1 cm³/mol. The first-order chi connectivity index (χ1) is 8.31. The summed E-state index contributed by atoms with van der Waals surface area (Å²) in [5, 5.41) is 9.41. The van der Waals surface area contributed by atoms with Gasteiger partial charge in [0.25, 0.3) is 0 Å². The second-order valence-corrected chi connectivity index (χ2v) is 3.97. The minimum absolute atomic E-state index is 0.0294. The highest BCUT2D eigenvalue weighted by Gasteiger charge is 2.12. The molecule has 1 N–H and O–H groups in total. The van der Waals surface area contributed by atoms with Crippen LogP contribution in [0.1, 0.15) is 17.2 Å². The number of hydrogen-bond acceptors (Lipinski definition) is 2. The number of ether oxygens (including phenoxy) is 1. The van der Waals surface area contributed by atoms with Gasteiger partial charge in [-0.25, -0.2) is 0 Å². The summed E-state index contributed by atoms with van der Waals surface area (Å²) in [5.41, 5.74) is 2.06. The van der Waals surface area contributed by atoms with E-state index in [1.54, 1.807) is 0 Å². The van der Waals surface area contributed by atoms with Crippen molar-refractivity contribution >= 4 is 0 Å². The average molecular weight is 228 g/mol. The number of aryl methyl sites for hydroxylation is 1. The first kappa shape index (κ1) is 11.7. The highest BCUT2D eigenvalue weighted by Crippen LogP contribution is 2.24. The molecular formula is C15H16O2. The molecule has 1 atom stereocenters. The molecule has 2 aromatic carbocycles. The second-order valence-electron chi connectivity index (χ2n) is 3.97. The molecule has 88 valence electrons. The minimum atomic E-state index is -0.308. The molecule has 0 saturated carbocycles. The third kappa shape index (κ3) is 2.86. The second kappa shape index (κ2) is 5.51. The van der Waals surface area contributed by atoms with Gasteiger partial charge in [-0.3, -0.25) is 0 Å². The molecular weight excluding hydrogens is 212 g/mol. The Hall–Kier alpha value is -1.80. The molecule has 0 aliphatic carbocycles. The van der Waals surface area contributed by atoms with Crippen LogP contribution in [0.5, 0.6) is 5.75 Å². The lowest BCUT2D eigenvalue weighted by Gasteiger charge is -2.18. The van der Waals surface area contributed by atoms with Crippen LogP contribution < -0.4 is 4.74 Å². The number of aliphatic hydroxyl groups excluding tert-OH is 1. The SMILES string of the molecule is Cc1ccccc1OC(CO)c1ccccc1. The van der Waals surface area contributed by atoms with Gasteiger partial charge >= 0.3 is 0 Å². The van der Waals surface area contributed by atoms with Gasteiger partial charge in [0, 0.05) is 0 Å². The standard InChI is InChI=1S/C15H16O2/c1-12-7-5-6-10-14(12)17-15(11-16)13-8-3-2-4-9-13/h2-10,15-16H,11H2,1H3. The third-order valence-electron chi connectivity index (χ3n) is 2.70.